The third-order valence-electron chi connectivity index (χ3n) is 10.7. The summed E-state index contributed by atoms with van der Waals surface area (Å²) in [6.45, 7) is -2.11. The molecule has 0 atom stereocenters. The van der Waals surface area contributed by atoms with Gasteiger partial charge in [-0.2, -0.15) is 46.8 Å². The van der Waals surface area contributed by atoms with E-state index in [0.29, 0.717) is 5.69 Å². The van der Waals surface area contributed by atoms with Gasteiger partial charge in [-0.15, -0.1) is 11.5 Å². The number of rotatable bonds is 7. The molecule has 2 aromatic heterocycles. The molecule has 9 aromatic rings. The third kappa shape index (κ3) is 5.74. The number of nitrogens with zero attached hydrogens (tertiary/aromatic N) is 4. The van der Waals surface area contributed by atoms with E-state index in [-0.39, 0.29) is 27.7 Å². The number of anilines is 3. The van der Waals surface area contributed by atoms with Crippen LogP contribution in [0.25, 0.3) is 38.8 Å². The van der Waals surface area contributed by atoms with Crippen LogP contribution < -0.4 is 30.5 Å². The summed E-state index contributed by atoms with van der Waals surface area (Å²) in [6.07, 6.45) is 1.89. The van der Waals surface area contributed by atoms with Crippen LogP contribution in [0.5, 0.6) is 0 Å². The first-order valence-corrected chi connectivity index (χ1v) is 20.2. The number of para-hydroxylation sites is 3. The minimum absolute atomic E-state index is 0. The monoisotopic (exact) mass is 906 g/mol. The summed E-state index contributed by atoms with van der Waals surface area (Å²) < 4.78 is 27.3. The van der Waals surface area contributed by atoms with Crippen molar-refractivity contribution in [2.45, 2.75) is 0 Å². The third-order valence-corrected chi connectivity index (χ3v) is 15.3. The van der Waals surface area contributed by atoms with Crippen LogP contribution in [0, 0.1) is 12.1 Å². The molecule has 0 N–H and O–H groups in total. The number of pyridine rings is 1. The molecule has 6 heteroatoms. The molecule has 0 radical (unpaired) electrons. The first-order valence-electron chi connectivity index (χ1n) is 19.7. The molecular formula is C49H36N4PtSi. The molecule has 4 nitrogen and oxygen atoms in total. The second-order valence-electron chi connectivity index (χ2n) is 13.7. The molecule has 0 spiro atoms. The maximum atomic E-state index is 8.35. The van der Waals surface area contributed by atoms with Crippen molar-refractivity contribution < 1.29 is 25.2 Å². The maximum absolute atomic E-state index is 8.35. The van der Waals surface area contributed by atoms with Crippen molar-refractivity contribution in [3.63, 3.8) is 0 Å². The van der Waals surface area contributed by atoms with Crippen LogP contribution in [0.3, 0.4) is 0 Å². The molecule has 0 unspecified atom stereocenters. The summed E-state index contributed by atoms with van der Waals surface area (Å²) >= 11 is 0. The average molecular weight is 907 g/mol. The van der Waals surface area contributed by atoms with Gasteiger partial charge >= 0.3 is 21.1 Å². The van der Waals surface area contributed by atoms with E-state index in [2.05, 4.69) is 167 Å². The quantitative estimate of drug-likeness (QED) is 0.0914. The Hall–Kier alpha value is -6.00. The SMILES string of the molecule is [2H]C([2H])([2H])N1CN(c2[c-]c([Si](c3[c-]c4c(cc3)c3ccccc3n4-c3cc(-c4ccccc4)ccn3)(c3ccccc3)c3ccccc3)ccc2)c2ccccc21.[Pt+2]. The molecule has 0 saturated heterocycles. The molecule has 0 aliphatic carbocycles. The number of fused-ring (bicyclic) bond motifs is 4. The minimum atomic E-state index is -3.18. The van der Waals surface area contributed by atoms with Crippen LogP contribution in [0.2, 0.25) is 0 Å². The largest absolute Gasteiger partial charge is 2.00 e. The second kappa shape index (κ2) is 14.3. The van der Waals surface area contributed by atoms with Gasteiger partial charge in [0.05, 0.1) is 18.0 Å². The van der Waals surface area contributed by atoms with E-state index >= 15 is 0 Å². The predicted molar refractivity (Wildman–Crippen MR) is 227 cm³/mol. The van der Waals surface area contributed by atoms with Crippen LogP contribution in [0.1, 0.15) is 4.11 Å². The van der Waals surface area contributed by atoms with Crippen molar-refractivity contribution in [2.24, 2.45) is 0 Å². The Morgan fingerprint density at radius 1 is 0.582 bits per heavy atom. The van der Waals surface area contributed by atoms with Crippen molar-refractivity contribution in [1.29, 1.82) is 0 Å². The fourth-order valence-corrected chi connectivity index (χ4v) is 12.8. The molecule has 0 fully saturated rings. The van der Waals surface area contributed by atoms with E-state index in [4.69, 9.17) is 9.10 Å². The van der Waals surface area contributed by atoms with Crippen molar-refractivity contribution in [3.8, 4) is 16.9 Å². The second-order valence-corrected chi connectivity index (χ2v) is 17.4. The first kappa shape index (κ1) is 31.4. The van der Waals surface area contributed by atoms with Gasteiger partial charge in [-0.25, -0.2) is 4.98 Å². The average Bonchev–Trinajstić information content (AvgIpc) is 3.82. The molecule has 3 heterocycles. The summed E-state index contributed by atoms with van der Waals surface area (Å²) in [7, 11) is -3.18. The Balaban J connectivity index is 0.00000436. The van der Waals surface area contributed by atoms with Gasteiger partial charge in [0.1, 0.15) is 13.9 Å². The van der Waals surface area contributed by atoms with Crippen molar-refractivity contribution in [2.75, 3.05) is 23.4 Å². The van der Waals surface area contributed by atoms with Gasteiger partial charge in [0, 0.05) is 22.8 Å². The van der Waals surface area contributed by atoms with Gasteiger partial charge in [-0.05, 0) is 57.2 Å². The smallest absolute Gasteiger partial charge is 0.355 e. The molecule has 7 aromatic carbocycles. The van der Waals surface area contributed by atoms with Gasteiger partial charge in [-0.1, -0.05) is 133 Å². The topological polar surface area (TPSA) is 24.3 Å². The molecular weight excluding hydrogens is 868 g/mol. The first-order chi connectivity index (χ1) is 27.9. The van der Waals surface area contributed by atoms with Crippen molar-refractivity contribution in [1.82, 2.24) is 9.55 Å². The van der Waals surface area contributed by atoms with Crippen molar-refractivity contribution in [3.05, 3.63) is 200 Å². The Bertz CT molecular complexity index is 2860. The van der Waals surface area contributed by atoms with E-state index in [1.807, 2.05) is 42.6 Å². The van der Waals surface area contributed by atoms with E-state index in [0.717, 1.165) is 60.5 Å². The van der Waals surface area contributed by atoms with E-state index in [1.165, 1.54) is 15.3 Å². The Labute approximate surface area is 341 Å². The van der Waals surface area contributed by atoms with Gasteiger partial charge < -0.3 is 14.4 Å². The number of hydrogen-bond donors (Lipinski definition) is 0. The Morgan fingerprint density at radius 2 is 1.24 bits per heavy atom. The zero-order valence-corrected chi connectivity index (χ0v) is 33.0. The van der Waals surface area contributed by atoms with Gasteiger partial charge in [0.2, 0.25) is 0 Å². The van der Waals surface area contributed by atoms with Crippen LogP contribution >= 0.6 is 0 Å². The zero-order chi connectivity index (χ0) is 38.6. The molecule has 0 bridgehead atoms. The van der Waals surface area contributed by atoms with Crippen LogP contribution in [0.15, 0.2) is 188 Å². The van der Waals surface area contributed by atoms with Crippen LogP contribution in [-0.2, 0) is 21.1 Å². The summed E-state index contributed by atoms with van der Waals surface area (Å²) in [6, 6.07) is 71.2. The molecule has 1 aliphatic heterocycles. The number of benzene rings is 7. The Kier molecular flexibility index (Phi) is 8.17. The standard InChI is InChI=1S/C49H36N4Si.Pt/c1-51-35-52(47-27-14-13-26-46(47)51)38-18-15-23-41(33-38)54(39-19-7-3-8-20-39,40-21-9-4-10-22-40)42-28-29-44-43-24-11-12-25-45(43)53(48(44)34-42)49-32-37(30-31-50-49)36-16-5-2-6-17-36;/h2-32H,35H2,1H3;/q-2;+2/i1D3;. The summed E-state index contributed by atoms with van der Waals surface area (Å²) in [4.78, 5) is 8.53. The van der Waals surface area contributed by atoms with Crippen molar-refractivity contribution >= 4 is 67.7 Å². The van der Waals surface area contributed by atoms with Crippen LogP contribution in [0.4, 0.5) is 17.1 Å². The molecule has 10 rings (SSSR count). The van der Waals surface area contributed by atoms with Gasteiger partial charge in [-0.3, -0.25) is 0 Å². The Morgan fingerprint density at radius 3 is 1.98 bits per heavy atom. The molecule has 55 heavy (non-hydrogen) atoms. The predicted octanol–water partition coefficient (Wildman–Crippen LogP) is 8.37. The van der Waals surface area contributed by atoms with E-state index in [9.17, 15) is 0 Å². The molecule has 0 saturated carbocycles. The molecule has 1 aliphatic rings. The fourth-order valence-electron chi connectivity index (χ4n) is 8.26. The summed E-state index contributed by atoms with van der Waals surface area (Å²) in [5, 5.41) is 6.74. The molecule has 0 amide bonds. The number of hydrogen-bond acceptors (Lipinski definition) is 3. The summed E-state index contributed by atoms with van der Waals surface area (Å²) in [5.41, 5.74) is 6.57. The summed E-state index contributed by atoms with van der Waals surface area (Å²) in [5.74, 6) is 0.822. The van der Waals surface area contributed by atoms with E-state index in [1.54, 1.807) is 0 Å². The zero-order valence-electron chi connectivity index (χ0n) is 32.7. The number of aromatic nitrogens is 2. The van der Waals surface area contributed by atoms with Crippen LogP contribution in [-0.4, -0.2) is 31.3 Å². The van der Waals surface area contributed by atoms with Gasteiger partial charge in [0.25, 0.3) is 0 Å². The maximum Gasteiger partial charge on any atom is 2.00 e. The minimum Gasteiger partial charge on any atom is -0.355 e. The normalized spacial score (nSPS) is 13.6. The fraction of sp³-hybridized carbons (Fsp3) is 0.0408. The molecule has 266 valence electrons. The van der Waals surface area contributed by atoms with Gasteiger partial charge in [0.15, 0.2) is 0 Å². The van der Waals surface area contributed by atoms with E-state index < -0.39 is 15.0 Å².